The molecule has 19 rings (SSSR count). The van der Waals surface area contributed by atoms with Gasteiger partial charge in [-0.2, -0.15) is 0 Å². The lowest BCUT2D eigenvalue weighted by molar-refractivity contribution is -0.135. The molecule has 4 aliphatic heterocycles. The fraction of sp³-hybridized carbons (Fsp3) is 0.446. The highest BCUT2D eigenvalue weighted by Crippen LogP contribution is 2.60. The van der Waals surface area contributed by atoms with Gasteiger partial charge < -0.3 is 36.0 Å². The van der Waals surface area contributed by atoms with Gasteiger partial charge in [-0.05, 0) is 197 Å². The van der Waals surface area contributed by atoms with E-state index >= 15 is 4.39 Å². The molecule has 12 aromatic rings. The number of anilines is 4. The molecule has 0 unspecified atom stereocenters. The molecule has 7 fully saturated rings. The molecule has 4 atom stereocenters. The number of amides is 1. The predicted octanol–water partition coefficient (Wildman–Crippen LogP) is 17.3. The van der Waals surface area contributed by atoms with Gasteiger partial charge in [0.2, 0.25) is 5.91 Å². The number of alkyl halides is 9. The Labute approximate surface area is 820 Å². The Morgan fingerprint density at radius 1 is 0.417 bits per heavy atom. The van der Waals surface area contributed by atoms with Crippen molar-refractivity contribution in [3.8, 4) is 0 Å². The standard InChI is InChI=1S/C26H28F4N4O2S.C26H29F3N4O2S.C25H28F3N5O3.C24H25F3N4O3S/c1-15(16-5-4-6-17(20(16)27)21(28)29)33-22-18-11-19(24(35)34(2)23(18)32-14-31-22)26(30)9-7-25(8-10-26)12-37(3,36)13-25;1-15(17-5-4-6-18(21(17)27)22(28)29)32-23-20-11-19(25(34)33(2)24(20)31-14-30-23)16-7-9-26(10-8-16)12-36(3,35)13-26;1-14(16-6-5-7-17(20(16)26)21(27)28)31-22-18-12-19(24(35)32(3)23(18)30-13-29-22)25(36-4)8-10-33(11-9-25)15(2)34;1-13(14-5-4-6-15(18(14)25)19(26)27)30-20-16-7-17(22(32)31(2)21(16)29-12-28-20)24(33)8-23(9-24)10-35(3,34)11-23/h4-6,11,14-15,21H,3,7-10,12-13H2,1-2H3,(H,31,32,33);4-6,11,14-16,22H,3,7-10,12-13H2,1-2H3,(H,30,31,32);5-7,12-14,21H,8-11H2,1-4H3,(H,29,30,31);4-7,12-13,19,33H,3,8-11H2,1-2H3,(H,28,29,30)/t15-,25?,26?,37?;15-,16?,26?,36?;14-;13-,23?,24?,35?/m1111/s1. The number of carbonyl (C=O) groups is 1. The maximum Gasteiger partial charge on any atom is 0.266 e. The molecule has 5 N–H and O–H groups in total. The number of pyridine rings is 4. The maximum absolute atomic E-state index is 16.3. The van der Waals surface area contributed by atoms with Gasteiger partial charge in [-0.1, -0.05) is 72.8 Å². The van der Waals surface area contributed by atoms with Crippen molar-refractivity contribution >= 4 is 119 Å². The van der Waals surface area contributed by atoms with E-state index in [1.807, 2.05) is 6.07 Å². The summed E-state index contributed by atoms with van der Waals surface area (Å²) in [6, 6.07) is 19.0. The summed E-state index contributed by atoms with van der Waals surface area (Å²) in [5.41, 5.74) is -5.69. The average Bonchev–Trinajstić information content (AvgIpc) is 0.691. The summed E-state index contributed by atoms with van der Waals surface area (Å²) in [6.07, 6.45) is -0.421. The summed E-state index contributed by atoms with van der Waals surface area (Å²) < 4.78 is 228. The van der Waals surface area contributed by atoms with Crippen molar-refractivity contribution in [1.82, 2.24) is 63.0 Å². The van der Waals surface area contributed by atoms with Crippen LogP contribution in [-0.4, -0.2) is 159 Å². The van der Waals surface area contributed by atoms with E-state index in [0.29, 0.717) is 147 Å². The second-order valence-corrected chi connectivity index (χ2v) is 47.4. The first-order valence-corrected chi connectivity index (χ1v) is 52.9. The summed E-state index contributed by atoms with van der Waals surface area (Å²) in [7, 11) is 1.73. The van der Waals surface area contributed by atoms with E-state index in [-0.39, 0.29) is 103 Å². The molecule has 8 aromatic heterocycles. The van der Waals surface area contributed by atoms with Crippen molar-refractivity contribution in [2.24, 2.45) is 44.4 Å². The van der Waals surface area contributed by atoms with Crippen molar-refractivity contribution in [2.45, 2.75) is 184 Å². The summed E-state index contributed by atoms with van der Waals surface area (Å²) in [4.78, 5) is 100. The van der Waals surface area contributed by atoms with E-state index in [2.05, 4.69) is 78.8 Å². The number of methoxy groups -OCH3 is 1. The number of likely N-dealkylation sites (tertiary alicyclic amines) is 1. The van der Waals surface area contributed by atoms with Gasteiger partial charge in [0, 0.05) is 123 Å². The number of halogens is 13. The first-order chi connectivity index (χ1) is 67.8. The van der Waals surface area contributed by atoms with Crippen LogP contribution in [0.2, 0.25) is 0 Å². The van der Waals surface area contributed by atoms with Crippen molar-refractivity contribution in [3.05, 3.63) is 254 Å². The van der Waals surface area contributed by atoms with Gasteiger partial charge in [0.25, 0.3) is 47.9 Å². The van der Waals surface area contributed by atoms with Gasteiger partial charge >= 0.3 is 0 Å². The quantitative estimate of drug-likeness (QED) is 0.0329. The highest BCUT2D eigenvalue weighted by molar-refractivity contribution is 8.02. The van der Waals surface area contributed by atoms with E-state index in [1.54, 1.807) is 52.8 Å². The molecule has 4 saturated heterocycles. The normalized spacial score (nSPS) is 25.1. The van der Waals surface area contributed by atoms with Gasteiger partial charge in [0.05, 0.1) is 84.7 Å². The second kappa shape index (κ2) is 39.6. The summed E-state index contributed by atoms with van der Waals surface area (Å²) >= 11 is 0. The van der Waals surface area contributed by atoms with Gasteiger partial charge in [-0.25, -0.2) is 96.9 Å². The van der Waals surface area contributed by atoms with E-state index in [9.17, 15) is 94.4 Å². The van der Waals surface area contributed by atoms with Crippen LogP contribution in [0, 0.1) is 39.5 Å². The molecule has 144 heavy (non-hydrogen) atoms. The maximum atomic E-state index is 16.3. The van der Waals surface area contributed by atoms with Gasteiger partial charge in [0.1, 0.15) is 106 Å². The van der Waals surface area contributed by atoms with E-state index in [4.69, 9.17) is 4.74 Å². The van der Waals surface area contributed by atoms with Gasteiger partial charge in [0.15, 0.2) is 0 Å². The molecule has 768 valence electrons. The van der Waals surface area contributed by atoms with Crippen LogP contribution in [0.4, 0.5) is 80.3 Å². The Bertz CT molecular complexity index is 7660. The number of hydrogen-bond acceptors (Lipinski definition) is 22. The monoisotopic (exact) mass is 2060 g/mol. The lowest BCUT2D eigenvalue weighted by Gasteiger charge is -2.59. The molecular formula is C101H110F13N17O10S3. The first kappa shape index (κ1) is 105. The lowest BCUT2D eigenvalue weighted by Crippen LogP contribution is -2.63. The van der Waals surface area contributed by atoms with Gasteiger partial charge in [-0.15, -0.1) is 0 Å². The number of rotatable bonds is 21. The van der Waals surface area contributed by atoms with E-state index < -0.39 is 152 Å². The predicted molar refractivity (Wildman–Crippen MR) is 531 cm³/mol. The molecule has 3 spiro atoms. The average molecular weight is 2070 g/mol. The third kappa shape index (κ3) is 20.2. The number of hydrogen-bond donors (Lipinski definition) is 5. The molecular weight excluding hydrogens is 1950 g/mol. The van der Waals surface area contributed by atoms with Crippen molar-refractivity contribution in [1.29, 1.82) is 0 Å². The molecule has 0 bridgehead atoms. The lowest BCUT2D eigenvalue weighted by atomic mass is 9.58. The number of aryl methyl sites for hydroxylation is 4. The van der Waals surface area contributed by atoms with Crippen LogP contribution in [-0.2, 0) is 83.2 Å². The summed E-state index contributed by atoms with van der Waals surface area (Å²) in [6.45, 7) is 8.91. The topological polar surface area (TPSA) is 340 Å². The van der Waals surface area contributed by atoms with Crippen LogP contribution in [0.1, 0.15) is 234 Å². The minimum Gasteiger partial charge on any atom is -0.385 e. The molecule has 4 aromatic carbocycles. The zero-order valence-corrected chi connectivity index (χ0v) is 83.0. The van der Waals surface area contributed by atoms with Crippen LogP contribution >= 0.6 is 0 Å². The Hall–Kier alpha value is -12.2. The molecule has 3 saturated carbocycles. The highest BCUT2D eigenvalue weighted by atomic mass is 32.2. The second-order valence-electron chi connectivity index (χ2n) is 39.8. The Morgan fingerprint density at radius 2 is 0.701 bits per heavy atom. The number of nitrogens with zero attached hydrogens (tertiary/aromatic N) is 13. The largest absolute Gasteiger partial charge is 0.385 e. The molecule has 12 heterocycles. The van der Waals surface area contributed by atoms with Crippen LogP contribution < -0.4 is 43.5 Å². The zero-order valence-electron chi connectivity index (χ0n) is 80.6. The third-order valence-corrected chi connectivity index (χ3v) is 36.6. The van der Waals surface area contributed by atoms with E-state index in [1.165, 1.54) is 132 Å². The third-order valence-electron chi connectivity index (χ3n) is 29.7. The summed E-state index contributed by atoms with van der Waals surface area (Å²) in [5.74, 6) is 11.8. The fourth-order valence-corrected chi connectivity index (χ4v) is 30.4. The van der Waals surface area contributed by atoms with Crippen LogP contribution in [0.5, 0.6) is 0 Å². The number of ether oxygens (including phenoxy) is 1. The van der Waals surface area contributed by atoms with Crippen molar-refractivity contribution < 1.29 is 84.3 Å². The SMILES string of the molecule is C=S1(=O)CC2(CC(O)(c3cc4c(N[C@H](C)c5cccc(C(F)F)c5F)ncnc4n(C)c3=O)C2)C1.C=S1(=O)CC2(CCC(F)(c3cc4c(N[C@H](C)c5cccc(C(F)F)c5F)ncnc4n(C)c3=O)CC2)C1.C=S1(=O)CC2(CCC(c3cc4c(N[C@H](C)c5cccc(C(F)F)c5F)ncnc4n(C)c3=O)CC2)C1.COC1(c2cc3c(N[C@H](C)c4cccc(C(F)F)c4F)ncnc3n(C)c2=O)CCN(C(C)=O)CC1. The summed E-state index contributed by atoms with van der Waals surface area (Å²) in [5, 5.41) is 25.5. The number of fused-ring (bicyclic) bond motifs is 4. The fourth-order valence-electron chi connectivity index (χ4n) is 22.4. The smallest absolute Gasteiger partial charge is 0.266 e. The molecule has 7 aliphatic rings. The van der Waals surface area contributed by atoms with E-state index in [0.717, 1.165) is 49.9 Å². The zero-order chi connectivity index (χ0) is 104. The molecule has 43 heteroatoms. The molecule has 1 amide bonds. The molecule has 0 radical (unpaired) electrons. The number of aromatic nitrogens is 12. The molecule has 27 nitrogen and oxygen atoms in total. The van der Waals surface area contributed by atoms with Crippen molar-refractivity contribution in [2.75, 3.05) is 76.0 Å². The molecule has 3 aliphatic carbocycles. The Morgan fingerprint density at radius 3 is 1.02 bits per heavy atom. The van der Waals surface area contributed by atoms with Crippen LogP contribution in [0.3, 0.4) is 0 Å². The van der Waals surface area contributed by atoms with Gasteiger partial charge in [-0.3, -0.25) is 54.9 Å². The minimum absolute atomic E-state index is 0.0107. The number of aliphatic hydroxyl groups is 1. The Kier molecular flexibility index (Phi) is 28.8. The number of nitrogens with one attached hydrogen (secondary N) is 4. The van der Waals surface area contributed by atoms with Crippen LogP contribution in [0.15, 0.2) is 142 Å². The highest BCUT2D eigenvalue weighted by Gasteiger charge is 2.62. The number of benzene rings is 4. The van der Waals surface area contributed by atoms with Crippen LogP contribution in [0.25, 0.3) is 44.1 Å². The minimum atomic E-state index is -2.96. The first-order valence-electron chi connectivity index (χ1n) is 46.7. The van der Waals surface area contributed by atoms with Crippen molar-refractivity contribution in [3.63, 3.8) is 0 Å². The number of carbonyl (C=O) groups excluding carboxylic acids is 1. The Balaban J connectivity index is 0.000000138. The number of piperidine rings is 1.